The topological polar surface area (TPSA) is 55.1 Å². The molecule has 0 radical (unpaired) electrons. The van der Waals surface area contributed by atoms with Gasteiger partial charge >= 0.3 is 6.36 Å². The molecule has 92 valence electrons. The number of nitrogens with zero attached hydrogens (tertiary/aromatic N) is 2. The van der Waals surface area contributed by atoms with Crippen molar-refractivity contribution in [3.05, 3.63) is 15.5 Å². The van der Waals surface area contributed by atoms with Crippen molar-refractivity contribution in [3.8, 4) is 17.6 Å². The lowest BCUT2D eigenvalue weighted by molar-refractivity contribution is -0.275. The predicted molar refractivity (Wildman–Crippen MR) is 59.5 cm³/mol. The van der Waals surface area contributed by atoms with Gasteiger partial charge < -0.3 is 9.47 Å². The van der Waals surface area contributed by atoms with Gasteiger partial charge in [0.2, 0.25) is 0 Å². The molecule has 0 atom stereocenters. The minimum absolute atomic E-state index is 0.0741. The second kappa shape index (κ2) is 5.39. The Kier molecular flexibility index (Phi) is 4.39. The van der Waals surface area contributed by atoms with Gasteiger partial charge in [-0.1, -0.05) is 0 Å². The largest absolute Gasteiger partial charge is 0.573 e. The fraction of sp³-hybridized carbons (Fsp3) is 0.333. The first-order valence-corrected chi connectivity index (χ1v) is 5.31. The maximum absolute atomic E-state index is 12.2. The molecule has 0 amide bonds. The summed E-state index contributed by atoms with van der Waals surface area (Å²) in [5.74, 6) is -0.328. The van der Waals surface area contributed by atoms with Gasteiger partial charge in [0.1, 0.15) is 3.57 Å². The van der Waals surface area contributed by atoms with Crippen molar-refractivity contribution in [1.29, 1.82) is 5.26 Å². The zero-order valence-electron chi connectivity index (χ0n) is 8.51. The number of ether oxygens (including phenoxy) is 2. The van der Waals surface area contributed by atoms with Gasteiger partial charge in [0, 0.05) is 0 Å². The SMILES string of the molecule is COc1cnc(CC#N)c(OC(F)(F)F)c1I. The molecule has 0 saturated carbocycles. The number of nitriles is 1. The molecule has 0 aromatic carbocycles. The summed E-state index contributed by atoms with van der Waals surface area (Å²) in [5, 5.41) is 8.50. The highest BCUT2D eigenvalue weighted by Gasteiger charge is 2.34. The van der Waals surface area contributed by atoms with Crippen LogP contribution < -0.4 is 9.47 Å². The second-order valence-corrected chi connectivity index (χ2v) is 3.88. The van der Waals surface area contributed by atoms with Crippen LogP contribution in [-0.4, -0.2) is 18.5 Å². The zero-order chi connectivity index (χ0) is 13.1. The van der Waals surface area contributed by atoms with Gasteiger partial charge in [-0.3, -0.25) is 4.98 Å². The Morgan fingerprint density at radius 3 is 2.65 bits per heavy atom. The average Bonchev–Trinajstić information content (AvgIpc) is 2.22. The third-order valence-corrected chi connectivity index (χ3v) is 2.72. The van der Waals surface area contributed by atoms with Gasteiger partial charge in [0.25, 0.3) is 0 Å². The van der Waals surface area contributed by atoms with E-state index in [0.29, 0.717) is 0 Å². The van der Waals surface area contributed by atoms with E-state index in [0.717, 1.165) is 0 Å². The van der Waals surface area contributed by atoms with E-state index in [1.54, 1.807) is 28.7 Å². The Morgan fingerprint density at radius 1 is 1.53 bits per heavy atom. The lowest BCUT2D eigenvalue weighted by atomic mass is 10.2. The van der Waals surface area contributed by atoms with Crippen molar-refractivity contribution in [3.63, 3.8) is 0 Å². The van der Waals surface area contributed by atoms with Gasteiger partial charge in [0.05, 0.1) is 31.5 Å². The van der Waals surface area contributed by atoms with E-state index < -0.39 is 12.1 Å². The van der Waals surface area contributed by atoms with Crippen LogP contribution in [0.5, 0.6) is 11.5 Å². The number of alkyl halides is 3. The lowest BCUT2D eigenvalue weighted by Gasteiger charge is -2.14. The third kappa shape index (κ3) is 3.62. The van der Waals surface area contributed by atoms with Crippen LogP contribution in [0.15, 0.2) is 6.20 Å². The van der Waals surface area contributed by atoms with E-state index in [-0.39, 0.29) is 21.4 Å². The summed E-state index contributed by atoms with van der Waals surface area (Å²) in [4.78, 5) is 3.71. The maximum Gasteiger partial charge on any atom is 0.573 e. The molecule has 1 aromatic rings. The molecular weight excluding hydrogens is 352 g/mol. The highest BCUT2D eigenvalue weighted by atomic mass is 127. The first-order valence-electron chi connectivity index (χ1n) is 4.23. The molecule has 0 spiro atoms. The second-order valence-electron chi connectivity index (χ2n) is 2.80. The summed E-state index contributed by atoms with van der Waals surface area (Å²) < 4.78 is 45.4. The molecule has 0 saturated heterocycles. The summed E-state index contributed by atoms with van der Waals surface area (Å²) >= 11 is 1.65. The van der Waals surface area contributed by atoms with E-state index in [1.165, 1.54) is 13.3 Å². The Labute approximate surface area is 108 Å². The van der Waals surface area contributed by atoms with Crippen LogP contribution >= 0.6 is 22.6 Å². The number of methoxy groups -OCH3 is 1. The fourth-order valence-electron chi connectivity index (χ4n) is 1.05. The van der Waals surface area contributed by atoms with Gasteiger partial charge in [-0.2, -0.15) is 5.26 Å². The molecule has 1 heterocycles. The molecule has 0 aliphatic carbocycles. The van der Waals surface area contributed by atoms with Crippen LogP contribution in [-0.2, 0) is 6.42 Å². The standard InChI is InChI=1S/C9H6F3IN2O2/c1-16-6-4-15-5(2-3-14)8(7(6)13)17-9(10,11)12/h4H,2H2,1H3. The monoisotopic (exact) mass is 358 g/mol. The number of pyridine rings is 1. The molecule has 0 N–H and O–H groups in total. The van der Waals surface area contributed by atoms with Gasteiger partial charge in [-0.25, -0.2) is 0 Å². The van der Waals surface area contributed by atoms with Crippen LogP contribution in [0.4, 0.5) is 13.2 Å². The van der Waals surface area contributed by atoms with E-state index in [9.17, 15) is 13.2 Å². The van der Waals surface area contributed by atoms with E-state index >= 15 is 0 Å². The maximum atomic E-state index is 12.2. The van der Waals surface area contributed by atoms with Crippen molar-refractivity contribution in [1.82, 2.24) is 4.98 Å². The Hall–Kier alpha value is -1.24. The van der Waals surface area contributed by atoms with Gasteiger partial charge in [-0.05, 0) is 22.6 Å². The van der Waals surface area contributed by atoms with Crippen molar-refractivity contribution in [2.45, 2.75) is 12.8 Å². The van der Waals surface area contributed by atoms with Crippen LogP contribution in [0.1, 0.15) is 5.69 Å². The summed E-state index contributed by atoms with van der Waals surface area (Å²) in [5.41, 5.74) is -0.0741. The lowest BCUT2D eigenvalue weighted by Crippen LogP contribution is -2.19. The van der Waals surface area contributed by atoms with Crippen LogP contribution in [0.3, 0.4) is 0 Å². The highest BCUT2D eigenvalue weighted by molar-refractivity contribution is 14.1. The van der Waals surface area contributed by atoms with Gasteiger partial charge in [-0.15, -0.1) is 13.2 Å². The first-order chi connectivity index (χ1) is 7.89. The van der Waals surface area contributed by atoms with E-state index in [4.69, 9.17) is 10.00 Å². The van der Waals surface area contributed by atoms with Crippen LogP contribution in [0, 0.1) is 14.9 Å². The minimum atomic E-state index is -4.84. The summed E-state index contributed by atoms with van der Waals surface area (Å²) in [6.07, 6.45) is -3.86. The molecular formula is C9H6F3IN2O2. The first kappa shape index (κ1) is 13.8. The molecule has 0 unspecified atom stereocenters. The number of halogens is 4. The normalized spacial score (nSPS) is 10.8. The number of aromatic nitrogens is 1. The Balaban J connectivity index is 3.25. The molecule has 0 aliphatic heterocycles. The summed E-state index contributed by atoms with van der Waals surface area (Å²) in [6.45, 7) is 0. The molecule has 4 nitrogen and oxygen atoms in total. The van der Waals surface area contributed by atoms with Crippen molar-refractivity contribution >= 4 is 22.6 Å². The van der Waals surface area contributed by atoms with E-state index in [1.807, 2.05) is 0 Å². The summed E-state index contributed by atoms with van der Waals surface area (Å²) in [7, 11) is 1.31. The number of hydrogen-bond donors (Lipinski definition) is 0. The van der Waals surface area contributed by atoms with Crippen molar-refractivity contribution in [2.75, 3.05) is 7.11 Å². The molecule has 0 aliphatic rings. The molecule has 17 heavy (non-hydrogen) atoms. The fourth-order valence-corrected chi connectivity index (χ4v) is 1.83. The quantitative estimate of drug-likeness (QED) is 0.780. The minimum Gasteiger partial charge on any atom is -0.494 e. The summed E-state index contributed by atoms with van der Waals surface area (Å²) in [6, 6.07) is 1.72. The van der Waals surface area contributed by atoms with Crippen molar-refractivity contribution in [2.24, 2.45) is 0 Å². The molecule has 0 bridgehead atoms. The van der Waals surface area contributed by atoms with Crippen LogP contribution in [0.25, 0.3) is 0 Å². The predicted octanol–water partition coefficient (Wildman–Crippen LogP) is 2.66. The molecule has 0 fully saturated rings. The van der Waals surface area contributed by atoms with E-state index in [2.05, 4.69) is 9.72 Å². The number of rotatable bonds is 3. The smallest absolute Gasteiger partial charge is 0.494 e. The van der Waals surface area contributed by atoms with Crippen LogP contribution in [0.2, 0.25) is 0 Å². The van der Waals surface area contributed by atoms with Crippen molar-refractivity contribution < 1.29 is 22.6 Å². The molecule has 1 aromatic heterocycles. The third-order valence-electron chi connectivity index (χ3n) is 1.70. The average molecular weight is 358 g/mol. The van der Waals surface area contributed by atoms with Gasteiger partial charge in [0.15, 0.2) is 11.5 Å². The Bertz CT molecular complexity index is 457. The zero-order valence-corrected chi connectivity index (χ0v) is 10.7. The Morgan fingerprint density at radius 2 is 2.18 bits per heavy atom. The highest BCUT2D eigenvalue weighted by Crippen LogP contribution is 2.35. The molecule has 8 heteroatoms. The molecule has 1 rings (SSSR count). The number of hydrogen-bond acceptors (Lipinski definition) is 4.